The molecule has 1 aliphatic heterocycles. The van der Waals surface area contributed by atoms with Gasteiger partial charge in [-0.15, -0.1) is 0 Å². The number of imidazole rings is 1. The Morgan fingerprint density at radius 1 is 1.03 bits per heavy atom. The molecule has 3 aromatic rings. The number of aromatic nitrogens is 2. The van der Waals surface area contributed by atoms with Crippen molar-refractivity contribution >= 4 is 22.8 Å². The molecule has 0 aliphatic carbocycles. The summed E-state index contributed by atoms with van der Waals surface area (Å²) in [6.45, 7) is 3.37. The van der Waals surface area contributed by atoms with Gasteiger partial charge < -0.3 is 24.3 Å². The lowest BCUT2D eigenvalue weighted by atomic mass is 10.1. The van der Waals surface area contributed by atoms with Crippen LogP contribution in [0.2, 0.25) is 0 Å². The summed E-state index contributed by atoms with van der Waals surface area (Å²) >= 11 is 0. The molecule has 0 radical (unpaired) electrons. The largest absolute Gasteiger partial charge is 0.496 e. The van der Waals surface area contributed by atoms with Crippen LogP contribution in [0.5, 0.6) is 5.75 Å². The number of para-hydroxylation sites is 3. The van der Waals surface area contributed by atoms with Crippen molar-refractivity contribution < 1.29 is 19.1 Å². The molecule has 4 rings (SSSR count). The minimum atomic E-state index is -0.124. The van der Waals surface area contributed by atoms with Gasteiger partial charge in [-0.25, -0.2) is 4.98 Å². The van der Waals surface area contributed by atoms with Gasteiger partial charge in [0, 0.05) is 26.1 Å². The molecule has 180 valence electrons. The summed E-state index contributed by atoms with van der Waals surface area (Å²) in [6.07, 6.45) is 3.53. The average Bonchev–Trinajstić information content (AvgIpc) is 3.23. The molecule has 0 spiro atoms. The summed E-state index contributed by atoms with van der Waals surface area (Å²) in [5, 5.41) is 2.97. The van der Waals surface area contributed by atoms with E-state index in [1.165, 1.54) is 0 Å². The summed E-state index contributed by atoms with van der Waals surface area (Å²) in [4.78, 5) is 32.0. The van der Waals surface area contributed by atoms with Gasteiger partial charge in [-0.3, -0.25) is 9.59 Å². The number of hydrogen-bond acceptors (Lipinski definition) is 5. The molecule has 8 heteroatoms. The number of fused-ring (bicyclic) bond motifs is 1. The van der Waals surface area contributed by atoms with Gasteiger partial charge in [-0.1, -0.05) is 30.7 Å². The Labute approximate surface area is 199 Å². The number of aryl methyl sites for hydroxylation is 1. The zero-order chi connectivity index (χ0) is 23.8. The van der Waals surface area contributed by atoms with Gasteiger partial charge in [0.15, 0.2) is 0 Å². The second kappa shape index (κ2) is 11.7. The fourth-order valence-corrected chi connectivity index (χ4v) is 4.25. The van der Waals surface area contributed by atoms with Crippen LogP contribution in [-0.2, 0) is 22.5 Å². The number of carbonyl (C=O) groups excluding carboxylic acids is 2. The monoisotopic (exact) mass is 464 g/mol. The maximum absolute atomic E-state index is 12.9. The molecule has 1 N–H and O–H groups in total. The number of ether oxygens (including phenoxy) is 2. The van der Waals surface area contributed by atoms with E-state index in [-0.39, 0.29) is 11.8 Å². The van der Waals surface area contributed by atoms with Gasteiger partial charge in [0.2, 0.25) is 5.91 Å². The van der Waals surface area contributed by atoms with Gasteiger partial charge in [0.25, 0.3) is 5.91 Å². The number of nitrogens with one attached hydrogen (secondary N) is 1. The van der Waals surface area contributed by atoms with Crippen molar-refractivity contribution in [2.45, 2.75) is 32.2 Å². The van der Waals surface area contributed by atoms with Crippen molar-refractivity contribution in [1.29, 1.82) is 0 Å². The molecule has 2 aromatic carbocycles. The molecule has 1 aromatic heterocycles. The van der Waals surface area contributed by atoms with E-state index < -0.39 is 0 Å². The Balaban J connectivity index is 1.29. The highest BCUT2D eigenvalue weighted by molar-refractivity contribution is 5.96. The van der Waals surface area contributed by atoms with Crippen LogP contribution in [0.1, 0.15) is 35.4 Å². The molecule has 1 saturated heterocycles. The van der Waals surface area contributed by atoms with E-state index in [0.717, 1.165) is 42.5 Å². The number of unbranched alkanes of at least 4 members (excludes halogenated alkanes) is 2. The summed E-state index contributed by atoms with van der Waals surface area (Å²) < 4.78 is 12.7. The fraction of sp³-hybridized carbons (Fsp3) is 0.423. The predicted octanol–water partition coefficient (Wildman–Crippen LogP) is 3.05. The maximum Gasteiger partial charge on any atom is 0.255 e. The van der Waals surface area contributed by atoms with E-state index in [4.69, 9.17) is 14.5 Å². The first-order chi connectivity index (χ1) is 16.7. The van der Waals surface area contributed by atoms with Crippen LogP contribution in [-0.4, -0.2) is 66.2 Å². The molecule has 8 nitrogen and oxygen atoms in total. The molecule has 0 bridgehead atoms. The molecule has 1 fully saturated rings. The Hall–Kier alpha value is -3.39. The topological polar surface area (TPSA) is 85.7 Å². The molecular weight excluding hydrogens is 432 g/mol. The number of nitrogens with zero attached hydrogens (tertiary/aromatic N) is 3. The standard InChI is InChI=1S/C26H32N4O4/c1-33-23-12-7-4-9-20(23)26(32)27-14-8-2-3-13-24-28-21-10-5-6-11-22(21)30(24)19-25(31)29-15-17-34-18-16-29/h4-7,9-12H,2-3,8,13-19H2,1H3,(H,27,32). The smallest absolute Gasteiger partial charge is 0.255 e. The van der Waals surface area contributed by atoms with E-state index in [1.807, 2.05) is 41.3 Å². The summed E-state index contributed by atoms with van der Waals surface area (Å²) in [7, 11) is 1.56. The first kappa shape index (κ1) is 23.8. The summed E-state index contributed by atoms with van der Waals surface area (Å²) in [6, 6.07) is 15.2. The number of benzene rings is 2. The van der Waals surface area contributed by atoms with Crippen LogP contribution in [0, 0.1) is 0 Å². The summed E-state index contributed by atoms with van der Waals surface area (Å²) in [5.74, 6) is 1.49. The molecule has 1 aliphatic rings. The van der Waals surface area contributed by atoms with Gasteiger partial charge in [-0.2, -0.15) is 0 Å². The van der Waals surface area contributed by atoms with E-state index in [0.29, 0.717) is 50.7 Å². The molecule has 2 amide bonds. The number of rotatable bonds is 10. The second-order valence-corrected chi connectivity index (χ2v) is 8.36. The van der Waals surface area contributed by atoms with Crippen molar-refractivity contribution in [3.8, 4) is 5.75 Å². The van der Waals surface area contributed by atoms with Crippen LogP contribution in [0.25, 0.3) is 11.0 Å². The SMILES string of the molecule is COc1ccccc1C(=O)NCCCCCc1nc2ccccc2n1CC(=O)N1CCOCC1. The molecule has 2 heterocycles. The maximum atomic E-state index is 12.9. The van der Waals surface area contributed by atoms with Crippen LogP contribution < -0.4 is 10.1 Å². The fourth-order valence-electron chi connectivity index (χ4n) is 4.25. The van der Waals surface area contributed by atoms with Crippen LogP contribution in [0.3, 0.4) is 0 Å². The first-order valence-corrected chi connectivity index (χ1v) is 11.9. The number of methoxy groups -OCH3 is 1. The number of morpholine rings is 1. The first-order valence-electron chi connectivity index (χ1n) is 11.9. The minimum absolute atomic E-state index is 0.103. The lowest BCUT2D eigenvalue weighted by Gasteiger charge is -2.27. The highest BCUT2D eigenvalue weighted by Gasteiger charge is 2.20. The van der Waals surface area contributed by atoms with Crippen LogP contribution in [0.4, 0.5) is 0 Å². The second-order valence-electron chi connectivity index (χ2n) is 8.36. The molecule has 0 atom stereocenters. The summed E-state index contributed by atoms with van der Waals surface area (Å²) in [5.41, 5.74) is 2.45. The van der Waals surface area contributed by atoms with Crippen LogP contribution in [0.15, 0.2) is 48.5 Å². The average molecular weight is 465 g/mol. The molecule has 0 unspecified atom stereocenters. The van der Waals surface area contributed by atoms with E-state index in [2.05, 4.69) is 9.88 Å². The third-order valence-corrected chi connectivity index (χ3v) is 6.11. The lowest BCUT2D eigenvalue weighted by molar-refractivity contribution is -0.135. The Bertz CT molecular complexity index is 1120. The van der Waals surface area contributed by atoms with Crippen molar-refractivity contribution in [1.82, 2.24) is 19.8 Å². The normalized spacial score (nSPS) is 13.7. The van der Waals surface area contributed by atoms with Crippen LogP contribution >= 0.6 is 0 Å². The van der Waals surface area contributed by atoms with Crippen molar-refractivity contribution in [2.24, 2.45) is 0 Å². The van der Waals surface area contributed by atoms with Gasteiger partial charge in [0.05, 0.1) is 36.9 Å². The molecular formula is C26H32N4O4. The zero-order valence-corrected chi connectivity index (χ0v) is 19.7. The molecule has 34 heavy (non-hydrogen) atoms. The predicted molar refractivity (Wildman–Crippen MR) is 130 cm³/mol. The highest BCUT2D eigenvalue weighted by Crippen LogP contribution is 2.19. The Kier molecular flexibility index (Phi) is 8.14. The van der Waals surface area contributed by atoms with Crippen molar-refractivity contribution in [3.05, 3.63) is 59.9 Å². The quantitative estimate of drug-likeness (QED) is 0.466. The lowest BCUT2D eigenvalue weighted by Crippen LogP contribution is -2.42. The number of hydrogen-bond donors (Lipinski definition) is 1. The van der Waals surface area contributed by atoms with Gasteiger partial charge in [-0.05, 0) is 37.1 Å². The van der Waals surface area contributed by atoms with E-state index in [1.54, 1.807) is 19.2 Å². The Morgan fingerprint density at radius 2 is 1.79 bits per heavy atom. The number of carbonyl (C=O) groups is 2. The third-order valence-electron chi connectivity index (χ3n) is 6.11. The van der Waals surface area contributed by atoms with E-state index >= 15 is 0 Å². The van der Waals surface area contributed by atoms with Crippen molar-refractivity contribution in [3.63, 3.8) is 0 Å². The minimum Gasteiger partial charge on any atom is -0.496 e. The van der Waals surface area contributed by atoms with Crippen molar-refractivity contribution in [2.75, 3.05) is 40.0 Å². The number of amides is 2. The zero-order valence-electron chi connectivity index (χ0n) is 19.7. The van der Waals surface area contributed by atoms with Gasteiger partial charge in [0.1, 0.15) is 18.1 Å². The highest BCUT2D eigenvalue weighted by atomic mass is 16.5. The van der Waals surface area contributed by atoms with E-state index in [9.17, 15) is 9.59 Å². The third kappa shape index (κ3) is 5.75. The Morgan fingerprint density at radius 3 is 2.62 bits per heavy atom. The van der Waals surface area contributed by atoms with Gasteiger partial charge >= 0.3 is 0 Å². The molecule has 0 saturated carbocycles.